The molecule has 2 heterocycles. The molecule has 3 rings (SSSR count). The predicted molar refractivity (Wildman–Crippen MR) is 113 cm³/mol. The van der Waals surface area contributed by atoms with Crippen molar-refractivity contribution < 1.29 is 23.4 Å². The molecule has 1 fully saturated rings. The standard InChI is InChI=1S/C24H32FNO4/c1-16(2)11-19-15-26-10-7-18-12-22(28-4)23(29-5)13-20(18)21(26)14-24(19,8-6-9-25)30-17(3)27/h12-13,16,19,21H,7,9-11,14-15H2,1-5H3/t19-,21-,24-/m1/s1/i25+0. The Bertz CT molecular complexity index is 844. The third-order valence-electron chi connectivity index (χ3n) is 6.17. The van der Waals surface area contributed by atoms with E-state index in [-0.39, 0.29) is 17.9 Å². The molecule has 0 saturated carbocycles. The maximum Gasteiger partial charge on any atom is 0.304 e. The zero-order valence-corrected chi connectivity index (χ0v) is 18.6. The second kappa shape index (κ2) is 9.26. The fourth-order valence-corrected chi connectivity index (χ4v) is 5.00. The molecule has 3 atom stereocenters. The van der Waals surface area contributed by atoms with E-state index in [1.54, 1.807) is 14.2 Å². The minimum atomic E-state index is -0.995. The molecule has 0 N–H and O–H groups in total. The Hall–Kier alpha value is -2.26. The molecule has 0 spiro atoms. The molecule has 30 heavy (non-hydrogen) atoms. The summed E-state index contributed by atoms with van der Waals surface area (Å²) in [5.74, 6) is 7.05. The SMILES string of the molecule is COc1cc2c(cc1OC)[C@H]1C[C@@](C#CC[19F])(OC(C)=O)[C@H](CC(C)C)CN1CC2. The van der Waals surface area contributed by atoms with Gasteiger partial charge in [0.05, 0.1) is 14.2 Å². The van der Waals surface area contributed by atoms with Crippen molar-refractivity contribution in [3.8, 4) is 23.3 Å². The molecule has 164 valence electrons. The lowest BCUT2D eigenvalue weighted by Gasteiger charge is -2.51. The summed E-state index contributed by atoms with van der Waals surface area (Å²) in [7, 11) is 3.26. The number of hydrogen-bond acceptors (Lipinski definition) is 5. The highest BCUT2D eigenvalue weighted by atomic mass is 19.1. The Morgan fingerprint density at radius 3 is 2.60 bits per heavy atom. The van der Waals surface area contributed by atoms with Crippen molar-refractivity contribution in [2.45, 2.75) is 51.7 Å². The van der Waals surface area contributed by atoms with E-state index in [2.05, 4.69) is 30.6 Å². The van der Waals surface area contributed by atoms with E-state index in [0.717, 1.165) is 31.5 Å². The van der Waals surface area contributed by atoms with Gasteiger partial charge < -0.3 is 14.2 Å². The lowest BCUT2D eigenvalue weighted by molar-refractivity contribution is -0.165. The highest BCUT2D eigenvalue weighted by Gasteiger charge is 2.50. The van der Waals surface area contributed by atoms with Crippen LogP contribution in [0.4, 0.5) is 4.39 Å². The first-order valence-corrected chi connectivity index (χ1v) is 10.6. The third-order valence-corrected chi connectivity index (χ3v) is 6.17. The zero-order valence-electron chi connectivity index (χ0n) is 18.6. The van der Waals surface area contributed by atoms with Crippen molar-refractivity contribution >= 4 is 5.97 Å². The van der Waals surface area contributed by atoms with Crippen LogP contribution in [0.5, 0.6) is 11.5 Å². The lowest BCUT2D eigenvalue weighted by Crippen LogP contribution is -2.56. The topological polar surface area (TPSA) is 48.0 Å². The number of nitrogens with zero attached hydrogens (tertiary/aromatic N) is 1. The minimum Gasteiger partial charge on any atom is -0.493 e. The highest BCUT2D eigenvalue weighted by molar-refractivity contribution is 5.67. The molecule has 0 radical (unpaired) electrons. The van der Waals surface area contributed by atoms with Crippen LogP contribution in [0.3, 0.4) is 0 Å². The number of hydrogen-bond donors (Lipinski definition) is 0. The summed E-state index contributed by atoms with van der Waals surface area (Å²) in [6.07, 6.45) is 2.28. The van der Waals surface area contributed by atoms with Crippen LogP contribution in [-0.4, -0.2) is 50.5 Å². The molecule has 1 saturated heterocycles. The fraction of sp³-hybridized carbons (Fsp3) is 0.625. The summed E-state index contributed by atoms with van der Waals surface area (Å²) >= 11 is 0. The molecular weight excluding hydrogens is 385 g/mol. The van der Waals surface area contributed by atoms with Crippen LogP contribution >= 0.6 is 0 Å². The number of esters is 1. The van der Waals surface area contributed by atoms with Gasteiger partial charge in [-0.25, -0.2) is 4.39 Å². The van der Waals surface area contributed by atoms with Gasteiger partial charge >= 0.3 is 5.97 Å². The molecule has 1 aromatic carbocycles. The molecule has 6 heteroatoms. The van der Waals surface area contributed by atoms with Crippen LogP contribution in [0.15, 0.2) is 12.1 Å². The van der Waals surface area contributed by atoms with E-state index < -0.39 is 12.3 Å². The van der Waals surface area contributed by atoms with Crippen LogP contribution in [0, 0.1) is 23.7 Å². The Labute approximate surface area is 178 Å². The van der Waals surface area contributed by atoms with Gasteiger partial charge in [0, 0.05) is 38.4 Å². The van der Waals surface area contributed by atoms with Crippen molar-refractivity contribution in [1.29, 1.82) is 0 Å². The molecule has 1 aromatic rings. The Morgan fingerprint density at radius 2 is 2.00 bits per heavy atom. The summed E-state index contributed by atoms with van der Waals surface area (Å²) in [6, 6.07) is 4.08. The van der Waals surface area contributed by atoms with Crippen LogP contribution in [0.2, 0.25) is 0 Å². The maximum absolute atomic E-state index is 13.0. The lowest BCUT2D eigenvalue weighted by atomic mass is 9.71. The van der Waals surface area contributed by atoms with Crippen molar-refractivity contribution in [1.82, 2.24) is 4.90 Å². The second-order valence-electron chi connectivity index (χ2n) is 8.62. The van der Waals surface area contributed by atoms with Crippen molar-refractivity contribution in [2.24, 2.45) is 11.8 Å². The Morgan fingerprint density at radius 1 is 1.30 bits per heavy atom. The molecule has 0 aliphatic carbocycles. The number of fused-ring (bicyclic) bond motifs is 3. The molecule has 0 bridgehead atoms. The van der Waals surface area contributed by atoms with Gasteiger partial charge in [0.25, 0.3) is 0 Å². The second-order valence-corrected chi connectivity index (χ2v) is 8.62. The van der Waals surface area contributed by atoms with Gasteiger partial charge in [0.1, 0.15) is 6.67 Å². The first kappa shape index (κ1) is 22.4. The smallest absolute Gasteiger partial charge is 0.304 e. The number of benzene rings is 1. The summed E-state index contributed by atoms with van der Waals surface area (Å²) < 4.78 is 29.9. The number of rotatable bonds is 5. The van der Waals surface area contributed by atoms with E-state index in [4.69, 9.17) is 14.2 Å². The van der Waals surface area contributed by atoms with E-state index in [9.17, 15) is 9.18 Å². The summed E-state index contributed by atoms with van der Waals surface area (Å²) in [4.78, 5) is 14.5. The van der Waals surface area contributed by atoms with Crippen LogP contribution in [-0.2, 0) is 16.0 Å². The number of carbonyl (C=O) groups is 1. The quantitative estimate of drug-likeness (QED) is 0.536. The average molecular weight is 418 g/mol. The summed E-state index contributed by atoms with van der Waals surface area (Å²) in [5.41, 5.74) is 1.34. The number of piperidine rings is 1. The number of methoxy groups -OCH3 is 2. The number of ether oxygens (including phenoxy) is 3. The molecule has 0 amide bonds. The van der Waals surface area contributed by atoms with E-state index in [1.165, 1.54) is 12.5 Å². The molecule has 2 aliphatic heterocycles. The first-order chi connectivity index (χ1) is 14.3. The molecule has 0 aromatic heterocycles. The van der Waals surface area contributed by atoms with Crippen molar-refractivity contribution in [3.63, 3.8) is 0 Å². The minimum absolute atomic E-state index is 0.0187. The normalized spacial score (nSPS) is 25.6. The number of carbonyl (C=O) groups excluding carboxylic acids is 1. The fourth-order valence-electron chi connectivity index (χ4n) is 5.00. The maximum atomic E-state index is 13.0. The Balaban J connectivity index is 2.07. The highest BCUT2D eigenvalue weighted by Crippen LogP contribution is 2.48. The zero-order chi connectivity index (χ0) is 21.9. The number of alkyl halides is 1. The monoisotopic (exact) mass is 417 g/mol. The van der Waals surface area contributed by atoms with Gasteiger partial charge in [-0.15, -0.1) is 0 Å². The van der Waals surface area contributed by atoms with Crippen molar-refractivity contribution in [3.05, 3.63) is 23.3 Å². The Kier molecular flexibility index (Phi) is 6.92. The average Bonchev–Trinajstić information content (AvgIpc) is 2.71. The molecule has 5 nitrogen and oxygen atoms in total. The van der Waals surface area contributed by atoms with Gasteiger partial charge in [-0.3, -0.25) is 9.69 Å². The van der Waals surface area contributed by atoms with E-state index >= 15 is 0 Å². The summed E-state index contributed by atoms with van der Waals surface area (Å²) in [5, 5.41) is 0. The van der Waals surface area contributed by atoms with E-state index in [1.807, 2.05) is 12.1 Å². The first-order valence-electron chi connectivity index (χ1n) is 10.6. The van der Waals surface area contributed by atoms with E-state index in [0.29, 0.717) is 23.8 Å². The van der Waals surface area contributed by atoms with Gasteiger partial charge in [0.15, 0.2) is 17.1 Å². The van der Waals surface area contributed by atoms with Crippen LogP contribution in [0.25, 0.3) is 0 Å². The largest absolute Gasteiger partial charge is 0.493 e. The van der Waals surface area contributed by atoms with Crippen LogP contribution in [0.1, 0.15) is 50.8 Å². The van der Waals surface area contributed by atoms with Gasteiger partial charge in [0.2, 0.25) is 0 Å². The third kappa shape index (κ3) is 4.41. The van der Waals surface area contributed by atoms with Gasteiger partial charge in [-0.2, -0.15) is 0 Å². The molecular formula is C24H32FNO4. The molecule has 2 aliphatic rings. The van der Waals surface area contributed by atoms with Crippen molar-refractivity contribution in [2.75, 3.05) is 34.0 Å². The summed E-state index contributed by atoms with van der Waals surface area (Å²) in [6.45, 7) is 6.61. The van der Waals surface area contributed by atoms with Gasteiger partial charge in [-0.1, -0.05) is 25.7 Å². The predicted octanol–water partition coefficient (Wildman–Crippen LogP) is 3.94. The van der Waals surface area contributed by atoms with Gasteiger partial charge in [-0.05, 0) is 42.0 Å². The molecule has 0 unspecified atom stereocenters. The van der Waals surface area contributed by atoms with Crippen LogP contribution < -0.4 is 9.47 Å². The number of halogens is 1.